The van der Waals surface area contributed by atoms with Crippen LogP contribution < -0.4 is 10.2 Å². The number of pyridine rings is 1. The predicted molar refractivity (Wildman–Crippen MR) is 99.2 cm³/mol. The first kappa shape index (κ1) is 17.2. The predicted octanol–water partition coefficient (Wildman–Crippen LogP) is 4.09. The van der Waals surface area contributed by atoms with Crippen LogP contribution in [0, 0.1) is 5.92 Å². The first-order chi connectivity index (χ1) is 12.5. The molecule has 1 saturated carbocycles. The third kappa shape index (κ3) is 3.03. The molecule has 3 atom stereocenters. The Morgan fingerprint density at radius 1 is 1.42 bits per heavy atom. The molecule has 136 valence electrons. The molecule has 0 spiro atoms. The van der Waals surface area contributed by atoms with Gasteiger partial charge in [0.2, 0.25) is 11.8 Å². The molecule has 7 heteroatoms. The molecule has 2 amide bonds. The van der Waals surface area contributed by atoms with Gasteiger partial charge in [-0.3, -0.25) is 9.59 Å². The van der Waals surface area contributed by atoms with Crippen molar-refractivity contribution >= 4 is 45.7 Å². The summed E-state index contributed by atoms with van der Waals surface area (Å²) in [6, 6.07) is 5.56. The summed E-state index contributed by atoms with van der Waals surface area (Å²) in [4.78, 5) is 30.2. The maximum atomic E-state index is 13.0. The number of anilines is 2. The summed E-state index contributed by atoms with van der Waals surface area (Å²) in [5, 5.41) is 4.67. The van der Waals surface area contributed by atoms with E-state index in [0.717, 1.165) is 29.3 Å². The van der Waals surface area contributed by atoms with Gasteiger partial charge in [-0.2, -0.15) is 0 Å². The Morgan fingerprint density at radius 3 is 2.88 bits per heavy atom. The van der Waals surface area contributed by atoms with Gasteiger partial charge in [-0.15, -0.1) is 0 Å². The molecule has 0 bridgehead atoms. The van der Waals surface area contributed by atoms with E-state index in [0.29, 0.717) is 17.3 Å². The van der Waals surface area contributed by atoms with Crippen molar-refractivity contribution in [1.82, 2.24) is 4.98 Å². The molecule has 1 N–H and O–H groups in total. The van der Waals surface area contributed by atoms with Gasteiger partial charge < -0.3 is 10.2 Å². The number of carbonyl (C=O) groups excluding carboxylic acids is 2. The highest BCUT2D eigenvalue weighted by molar-refractivity contribution is 6.36. The minimum absolute atomic E-state index is 0.0950. The van der Waals surface area contributed by atoms with E-state index in [1.807, 2.05) is 11.0 Å². The van der Waals surface area contributed by atoms with Crippen molar-refractivity contribution in [2.75, 3.05) is 10.2 Å². The molecule has 0 unspecified atom stereocenters. The fraction of sp³-hybridized carbons (Fsp3) is 0.421. The molecule has 2 aliphatic rings. The standard InChI is InChI=1S/C19H19ClFN3O2/c1-2-11-3-4-18(25)24(11)12-5-10-6-17(22-9-14(10)15(20)7-12)23-19(26)13-8-16(13)21/h5-7,9,11,13,16H,2-4,8H2,1H3,(H,22,23,26)/t11-,13+,16-/m0/s1. The minimum atomic E-state index is -1.05. The lowest BCUT2D eigenvalue weighted by Gasteiger charge is -2.24. The maximum absolute atomic E-state index is 13.0. The second-order valence-electron chi connectivity index (χ2n) is 6.93. The van der Waals surface area contributed by atoms with Gasteiger partial charge >= 0.3 is 0 Å². The Balaban J connectivity index is 1.68. The summed E-state index contributed by atoms with van der Waals surface area (Å²) in [5.41, 5.74) is 0.756. The normalized spacial score (nSPS) is 25.0. The number of rotatable bonds is 4. The molecule has 2 fully saturated rings. The SMILES string of the molecule is CC[C@H]1CCC(=O)N1c1cc(Cl)c2cnc(NC(=O)[C@@H]3C[C@@H]3F)cc2c1. The molecule has 2 heterocycles. The van der Waals surface area contributed by atoms with Crippen LogP contribution in [-0.4, -0.2) is 29.0 Å². The van der Waals surface area contributed by atoms with Crippen molar-refractivity contribution in [1.29, 1.82) is 0 Å². The van der Waals surface area contributed by atoms with Gasteiger partial charge in [0, 0.05) is 29.7 Å². The molecule has 1 aliphatic carbocycles. The smallest absolute Gasteiger partial charge is 0.231 e. The highest BCUT2D eigenvalue weighted by Crippen LogP contribution is 2.36. The van der Waals surface area contributed by atoms with Gasteiger partial charge in [-0.25, -0.2) is 9.37 Å². The maximum Gasteiger partial charge on any atom is 0.231 e. The Bertz CT molecular complexity index is 904. The fourth-order valence-corrected chi connectivity index (χ4v) is 3.81. The van der Waals surface area contributed by atoms with Gasteiger partial charge in [-0.05, 0) is 42.8 Å². The van der Waals surface area contributed by atoms with E-state index in [1.54, 1.807) is 18.3 Å². The van der Waals surface area contributed by atoms with Crippen LogP contribution in [0.3, 0.4) is 0 Å². The molecule has 1 aromatic heterocycles. The van der Waals surface area contributed by atoms with Crippen molar-refractivity contribution in [3.8, 4) is 0 Å². The largest absolute Gasteiger partial charge is 0.310 e. The first-order valence-electron chi connectivity index (χ1n) is 8.84. The number of hydrogen-bond donors (Lipinski definition) is 1. The van der Waals surface area contributed by atoms with Crippen molar-refractivity contribution in [3.05, 3.63) is 29.4 Å². The van der Waals surface area contributed by atoms with Crippen LogP contribution in [0.5, 0.6) is 0 Å². The summed E-state index contributed by atoms with van der Waals surface area (Å²) in [7, 11) is 0. The monoisotopic (exact) mass is 375 g/mol. The average molecular weight is 376 g/mol. The van der Waals surface area contributed by atoms with Crippen LogP contribution in [-0.2, 0) is 9.59 Å². The molecule has 1 saturated heterocycles. The molecular weight excluding hydrogens is 357 g/mol. The van der Waals surface area contributed by atoms with E-state index in [-0.39, 0.29) is 24.3 Å². The van der Waals surface area contributed by atoms with Gasteiger partial charge in [0.1, 0.15) is 12.0 Å². The lowest BCUT2D eigenvalue weighted by Crippen LogP contribution is -2.32. The second-order valence-corrected chi connectivity index (χ2v) is 7.34. The topological polar surface area (TPSA) is 62.3 Å². The number of aromatic nitrogens is 1. The van der Waals surface area contributed by atoms with Crippen LogP contribution in [0.15, 0.2) is 24.4 Å². The number of amides is 2. The molecule has 0 radical (unpaired) electrons. The van der Waals surface area contributed by atoms with Crippen LogP contribution >= 0.6 is 11.6 Å². The third-order valence-electron chi connectivity index (χ3n) is 5.15. The number of benzene rings is 1. The average Bonchev–Trinajstić information content (AvgIpc) is 3.22. The Hall–Kier alpha value is -2.21. The number of alkyl halides is 1. The number of hydrogen-bond acceptors (Lipinski definition) is 3. The van der Waals surface area contributed by atoms with E-state index in [9.17, 15) is 14.0 Å². The second kappa shape index (κ2) is 6.50. The third-order valence-corrected chi connectivity index (χ3v) is 5.46. The number of fused-ring (bicyclic) bond motifs is 1. The highest BCUT2D eigenvalue weighted by Gasteiger charge is 2.43. The minimum Gasteiger partial charge on any atom is -0.310 e. The van der Waals surface area contributed by atoms with Gasteiger partial charge in [0.05, 0.1) is 10.9 Å². The number of halogens is 2. The van der Waals surface area contributed by atoms with Crippen molar-refractivity contribution in [3.63, 3.8) is 0 Å². The van der Waals surface area contributed by atoms with E-state index in [4.69, 9.17) is 11.6 Å². The Morgan fingerprint density at radius 2 is 2.19 bits per heavy atom. The summed E-state index contributed by atoms with van der Waals surface area (Å²) in [5.74, 6) is -0.477. The zero-order valence-corrected chi connectivity index (χ0v) is 15.1. The summed E-state index contributed by atoms with van der Waals surface area (Å²) >= 11 is 6.40. The lowest BCUT2D eigenvalue weighted by atomic mass is 10.1. The summed E-state index contributed by atoms with van der Waals surface area (Å²) < 4.78 is 13.0. The van der Waals surface area contributed by atoms with Crippen molar-refractivity contribution in [2.45, 2.75) is 44.8 Å². The van der Waals surface area contributed by atoms with Crippen LogP contribution in [0.25, 0.3) is 10.8 Å². The van der Waals surface area contributed by atoms with E-state index in [2.05, 4.69) is 17.2 Å². The number of nitrogens with one attached hydrogen (secondary N) is 1. The molecule has 1 aromatic carbocycles. The molecular formula is C19H19ClFN3O2. The summed E-state index contributed by atoms with van der Waals surface area (Å²) in [6.07, 6.45) is 3.06. The van der Waals surface area contributed by atoms with E-state index >= 15 is 0 Å². The van der Waals surface area contributed by atoms with Crippen molar-refractivity contribution in [2.24, 2.45) is 5.92 Å². The van der Waals surface area contributed by atoms with Crippen molar-refractivity contribution < 1.29 is 14.0 Å². The van der Waals surface area contributed by atoms with Gasteiger partial charge in [-0.1, -0.05) is 18.5 Å². The van der Waals surface area contributed by atoms with E-state index in [1.165, 1.54) is 0 Å². The van der Waals surface area contributed by atoms with Crippen LogP contribution in [0.1, 0.15) is 32.6 Å². The van der Waals surface area contributed by atoms with Crippen LogP contribution in [0.2, 0.25) is 5.02 Å². The fourth-order valence-electron chi connectivity index (χ4n) is 3.54. The quantitative estimate of drug-likeness (QED) is 0.875. The number of carbonyl (C=O) groups is 2. The zero-order chi connectivity index (χ0) is 18.4. The molecule has 5 nitrogen and oxygen atoms in total. The Kier molecular flexibility index (Phi) is 4.31. The summed E-state index contributed by atoms with van der Waals surface area (Å²) in [6.45, 7) is 2.06. The zero-order valence-electron chi connectivity index (χ0n) is 14.3. The molecule has 1 aliphatic heterocycles. The van der Waals surface area contributed by atoms with Crippen LogP contribution in [0.4, 0.5) is 15.9 Å². The van der Waals surface area contributed by atoms with E-state index < -0.39 is 12.1 Å². The highest BCUT2D eigenvalue weighted by atomic mass is 35.5. The molecule has 4 rings (SSSR count). The Labute approximate surface area is 155 Å². The molecule has 26 heavy (non-hydrogen) atoms. The number of nitrogens with zero attached hydrogens (tertiary/aromatic N) is 2. The van der Waals surface area contributed by atoms with Gasteiger partial charge in [0.25, 0.3) is 0 Å². The first-order valence-corrected chi connectivity index (χ1v) is 9.22. The van der Waals surface area contributed by atoms with Gasteiger partial charge in [0.15, 0.2) is 0 Å². The lowest BCUT2D eigenvalue weighted by molar-refractivity contribution is -0.118. The molecule has 2 aromatic rings.